The predicted octanol–water partition coefficient (Wildman–Crippen LogP) is 2.94. The molecule has 1 heterocycles. The molecule has 0 bridgehead atoms. The number of hydrogen-bond donors (Lipinski definition) is 2. The summed E-state index contributed by atoms with van der Waals surface area (Å²) in [6.07, 6.45) is 0. The van der Waals surface area contributed by atoms with Gasteiger partial charge in [-0.3, -0.25) is 19.5 Å². The Bertz CT molecular complexity index is 1120. The second-order valence-corrected chi connectivity index (χ2v) is 8.05. The number of ether oxygens (including phenoxy) is 1. The van der Waals surface area contributed by atoms with Crippen molar-refractivity contribution in [3.8, 4) is 17.1 Å². The van der Waals surface area contributed by atoms with E-state index >= 15 is 0 Å². The summed E-state index contributed by atoms with van der Waals surface area (Å²) in [5, 5.41) is 13.4. The van der Waals surface area contributed by atoms with Gasteiger partial charge in [-0.2, -0.15) is 0 Å². The van der Waals surface area contributed by atoms with E-state index in [1.54, 1.807) is 30.5 Å². The van der Waals surface area contributed by atoms with Crippen LogP contribution in [0.15, 0.2) is 59.8 Å². The molecule has 0 saturated heterocycles. The molecule has 33 heavy (non-hydrogen) atoms. The average Bonchev–Trinajstić information content (AvgIpc) is 3.20. The minimum absolute atomic E-state index is 0.139. The molecule has 2 N–H and O–H groups in total. The number of hydrogen-bond acceptors (Lipinski definition) is 7. The summed E-state index contributed by atoms with van der Waals surface area (Å²) in [6.45, 7) is 2.91. The van der Waals surface area contributed by atoms with Gasteiger partial charge in [0.15, 0.2) is 17.6 Å². The first-order valence-corrected chi connectivity index (χ1v) is 11.0. The molecule has 172 valence electrons. The van der Waals surface area contributed by atoms with Crippen molar-refractivity contribution < 1.29 is 23.5 Å². The zero-order valence-corrected chi connectivity index (χ0v) is 18.8. The molecule has 11 heteroatoms. The molecule has 0 fully saturated rings. The van der Waals surface area contributed by atoms with Crippen LogP contribution in [0.2, 0.25) is 0 Å². The Balaban J connectivity index is 1.66. The number of urea groups is 1. The van der Waals surface area contributed by atoms with E-state index in [2.05, 4.69) is 20.8 Å². The Morgan fingerprint density at radius 2 is 1.76 bits per heavy atom. The third-order valence-corrected chi connectivity index (χ3v) is 5.01. The third-order valence-electron chi connectivity index (χ3n) is 4.11. The van der Waals surface area contributed by atoms with E-state index in [0.29, 0.717) is 16.5 Å². The Hall–Kier alpha value is -3.73. The van der Waals surface area contributed by atoms with Crippen molar-refractivity contribution in [2.24, 2.45) is 0 Å². The number of halogens is 1. The van der Waals surface area contributed by atoms with E-state index in [0.717, 1.165) is 17.4 Å². The zero-order chi connectivity index (χ0) is 23.8. The number of aromatic nitrogens is 3. The fourth-order valence-corrected chi connectivity index (χ4v) is 3.48. The molecule has 3 rings (SSSR count). The van der Waals surface area contributed by atoms with Gasteiger partial charge in [0.2, 0.25) is 0 Å². The standard InChI is InChI=1S/C22H22FN5O4S/c1-14(2)24-21(31)25-18(29)12-32-19(30)13-33-22-27-26-20(15-8-10-16(23)11-9-15)28(22)17-6-4-3-5-7-17/h3-11,14H,12-13H2,1-2H3,(H2,24,25,29,31). The number of amides is 3. The number of nitrogens with zero attached hydrogens (tertiary/aromatic N) is 3. The second-order valence-electron chi connectivity index (χ2n) is 7.11. The van der Waals surface area contributed by atoms with Crippen molar-refractivity contribution in [3.63, 3.8) is 0 Å². The van der Waals surface area contributed by atoms with Gasteiger partial charge in [0.25, 0.3) is 5.91 Å². The van der Waals surface area contributed by atoms with Gasteiger partial charge >= 0.3 is 12.0 Å². The van der Waals surface area contributed by atoms with Crippen molar-refractivity contribution in [3.05, 3.63) is 60.4 Å². The number of carbonyl (C=O) groups excluding carboxylic acids is 3. The predicted molar refractivity (Wildman–Crippen MR) is 120 cm³/mol. The zero-order valence-electron chi connectivity index (χ0n) is 17.9. The number of rotatable bonds is 8. The maximum Gasteiger partial charge on any atom is 0.321 e. The van der Waals surface area contributed by atoms with Crippen LogP contribution in [0.3, 0.4) is 0 Å². The number of nitrogens with one attached hydrogen (secondary N) is 2. The van der Waals surface area contributed by atoms with Gasteiger partial charge < -0.3 is 10.1 Å². The second kappa shape index (κ2) is 11.2. The topological polar surface area (TPSA) is 115 Å². The SMILES string of the molecule is CC(C)NC(=O)NC(=O)COC(=O)CSc1nnc(-c2ccc(F)cc2)n1-c1ccccc1. The maximum absolute atomic E-state index is 13.3. The fourth-order valence-electron chi connectivity index (χ4n) is 2.73. The number of imide groups is 1. The molecule has 0 saturated carbocycles. The number of thioether (sulfide) groups is 1. The van der Waals surface area contributed by atoms with Gasteiger partial charge in [-0.25, -0.2) is 9.18 Å². The third kappa shape index (κ3) is 6.88. The summed E-state index contributed by atoms with van der Waals surface area (Å²) in [5.41, 5.74) is 1.41. The van der Waals surface area contributed by atoms with Crippen molar-refractivity contribution in [1.29, 1.82) is 0 Å². The Kier molecular flexibility index (Phi) is 8.14. The molecule has 0 aliphatic rings. The van der Waals surface area contributed by atoms with Crippen LogP contribution in [-0.4, -0.2) is 51.1 Å². The van der Waals surface area contributed by atoms with Crippen LogP contribution in [0, 0.1) is 5.82 Å². The van der Waals surface area contributed by atoms with E-state index in [1.165, 1.54) is 12.1 Å². The highest BCUT2D eigenvalue weighted by atomic mass is 32.2. The summed E-state index contributed by atoms with van der Waals surface area (Å²) >= 11 is 1.07. The molecular formula is C22H22FN5O4S. The number of carbonyl (C=O) groups is 3. The van der Waals surface area contributed by atoms with E-state index < -0.39 is 24.5 Å². The smallest absolute Gasteiger partial charge is 0.321 e. The van der Waals surface area contributed by atoms with Crippen LogP contribution >= 0.6 is 11.8 Å². The monoisotopic (exact) mass is 471 g/mol. The summed E-state index contributed by atoms with van der Waals surface area (Å²) in [7, 11) is 0. The van der Waals surface area contributed by atoms with Gasteiger partial charge in [-0.05, 0) is 50.2 Å². The first-order valence-electron chi connectivity index (χ1n) is 9.99. The molecule has 0 radical (unpaired) electrons. The lowest BCUT2D eigenvalue weighted by Gasteiger charge is -2.11. The van der Waals surface area contributed by atoms with Crippen molar-refractivity contribution in [1.82, 2.24) is 25.4 Å². The van der Waals surface area contributed by atoms with Gasteiger partial charge in [-0.1, -0.05) is 30.0 Å². The van der Waals surface area contributed by atoms with Crippen LogP contribution in [0.4, 0.5) is 9.18 Å². The fraction of sp³-hybridized carbons (Fsp3) is 0.227. The van der Waals surface area contributed by atoms with Crippen molar-refractivity contribution in [2.75, 3.05) is 12.4 Å². The molecule has 0 atom stereocenters. The molecule has 3 aromatic rings. The molecule has 0 aliphatic carbocycles. The van der Waals surface area contributed by atoms with Gasteiger partial charge in [-0.15, -0.1) is 10.2 Å². The molecule has 0 spiro atoms. The quantitative estimate of drug-likeness (QED) is 0.383. The van der Waals surface area contributed by atoms with E-state index in [4.69, 9.17) is 4.74 Å². The first-order chi connectivity index (χ1) is 15.8. The summed E-state index contributed by atoms with van der Waals surface area (Å²) in [5.74, 6) is -1.43. The van der Waals surface area contributed by atoms with Crippen molar-refractivity contribution in [2.45, 2.75) is 25.0 Å². The lowest BCUT2D eigenvalue weighted by atomic mass is 10.2. The van der Waals surface area contributed by atoms with Crippen LogP contribution in [0.1, 0.15) is 13.8 Å². The summed E-state index contributed by atoms with van der Waals surface area (Å²) in [6, 6.07) is 14.3. The minimum atomic E-state index is -0.738. The van der Waals surface area contributed by atoms with Crippen molar-refractivity contribution >= 4 is 29.7 Å². The highest BCUT2D eigenvalue weighted by Crippen LogP contribution is 2.28. The highest BCUT2D eigenvalue weighted by molar-refractivity contribution is 7.99. The van der Waals surface area contributed by atoms with Gasteiger partial charge in [0.05, 0.1) is 5.75 Å². The normalized spacial score (nSPS) is 10.7. The minimum Gasteiger partial charge on any atom is -0.455 e. The Morgan fingerprint density at radius 3 is 2.42 bits per heavy atom. The molecule has 0 aliphatic heterocycles. The number of para-hydroxylation sites is 1. The summed E-state index contributed by atoms with van der Waals surface area (Å²) in [4.78, 5) is 35.4. The summed E-state index contributed by atoms with van der Waals surface area (Å²) < 4.78 is 20.0. The average molecular weight is 472 g/mol. The Labute approximate surface area is 193 Å². The van der Waals surface area contributed by atoms with E-state index in [9.17, 15) is 18.8 Å². The largest absolute Gasteiger partial charge is 0.455 e. The van der Waals surface area contributed by atoms with E-state index in [-0.39, 0.29) is 17.6 Å². The van der Waals surface area contributed by atoms with E-state index in [1.807, 2.05) is 30.3 Å². The molecule has 3 amide bonds. The van der Waals surface area contributed by atoms with Gasteiger partial charge in [0.1, 0.15) is 5.82 Å². The lowest BCUT2D eigenvalue weighted by molar-refractivity contribution is -0.145. The molecule has 0 unspecified atom stereocenters. The number of benzene rings is 2. The molecule has 2 aromatic carbocycles. The molecule has 1 aromatic heterocycles. The molecular weight excluding hydrogens is 449 g/mol. The first kappa shape index (κ1) is 23.9. The lowest BCUT2D eigenvalue weighted by Crippen LogP contribution is -2.44. The number of esters is 1. The van der Waals surface area contributed by atoms with Gasteiger partial charge in [0, 0.05) is 17.3 Å². The van der Waals surface area contributed by atoms with Crippen LogP contribution in [0.5, 0.6) is 0 Å². The maximum atomic E-state index is 13.3. The Morgan fingerprint density at radius 1 is 1.06 bits per heavy atom. The van der Waals surface area contributed by atoms with Crippen LogP contribution in [-0.2, 0) is 14.3 Å². The van der Waals surface area contributed by atoms with Crippen LogP contribution in [0.25, 0.3) is 17.1 Å². The highest BCUT2D eigenvalue weighted by Gasteiger charge is 2.18. The molecule has 9 nitrogen and oxygen atoms in total. The van der Waals surface area contributed by atoms with Crippen LogP contribution < -0.4 is 10.6 Å².